The highest BCUT2D eigenvalue weighted by atomic mass is 35.5. The van der Waals surface area contributed by atoms with Gasteiger partial charge < -0.3 is 20.2 Å². The summed E-state index contributed by atoms with van der Waals surface area (Å²) in [6, 6.07) is 11.3. The molecule has 4 aliphatic heterocycles. The molecule has 4 aliphatic rings. The van der Waals surface area contributed by atoms with Gasteiger partial charge in [0.05, 0.1) is 35.6 Å². The Labute approximate surface area is 281 Å². The molecule has 1 aromatic heterocycles. The number of hydrogen-bond acceptors (Lipinski definition) is 9. The van der Waals surface area contributed by atoms with Gasteiger partial charge in [-0.15, -0.1) is 0 Å². The van der Waals surface area contributed by atoms with E-state index in [-0.39, 0.29) is 37.1 Å². The Kier molecular flexibility index (Phi) is 8.55. The molecule has 14 heteroatoms. The number of imide groups is 1. The van der Waals surface area contributed by atoms with Gasteiger partial charge in [0.25, 0.3) is 11.8 Å². The number of piperidine rings is 3. The highest BCUT2D eigenvalue weighted by molar-refractivity contribution is 6.30. The molecule has 0 aliphatic carbocycles. The molecular weight excluding hydrogens is 644 g/mol. The van der Waals surface area contributed by atoms with Crippen molar-refractivity contribution in [3.63, 3.8) is 0 Å². The summed E-state index contributed by atoms with van der Waals surface area (Å²) < 4.78 is 30.2. The normalized spacial score (nSPS) is 24.0. The molecule has 0 saturated carbocycles. The van der Waals surface area contributed by atoms with Gasteiger partial charge >= 0.3 is 0 Å². The van der Waals surface area contributed by atoms with Gasteiger partial charge in [-0.2, -0.15) is 0 Å². The van der Waals surface area contributed by atoms with Crippen LogP contribution in [-0.4, -0.2) is 86.8 Å². The zero-order valence-electron chi connectivity index (χ0n) is 26.2. The third-order valence-electron chi connectivity index (χ3n) is 9.97. The van der Waals surface area contributed by atoms with Crippen molar-refractivity contribution in [2.45, 2.75) is 68.8 Å². The third kappa shape index (κ3) is 6.46. The first kappa shape index (κ1) is 32.4. The van der Waals surface area contributed by atoms with Gasteiger partial charge in [0, 0.05) is 50.4 Å². The Morgan fingerprint density at radius 1 is 1.00 bits per heavy atom. The number of fused-ring (bicyclic) bond motifs is 1. The average Bonchev–Trinajstić information content (AvgIpc) is 3.39. The lowest BCUT2D eigenvalue weighted by atomic mass is 9.83. The van der Waals surface area contributed by atoms with E-state index in [1.54, 1.807) is 17.0 Å². The first-order valence-corrected chi connectivity index (χ1v) is 16.5. The lowest BCUT2D eigenvalue weighted by molar-refractivity contribution is -0.136. The van der Waals surface area contributed by atoms with Crippen molar-refractivity contribution < 1.29 is 28.3 Å². The Bertz CT molecular complexity index is 1720. The maximum atomic E-state index is 15.1. The zero-order valence-corrected chi connectivity index (χ0v) is 26.9. The number of likely N-dealkylation sites (tertiary alicyclic amines) is 1. The summed E-state index contributed by atoms with van der Waals surface area (Å²) in [5, 5.41) is 17.0. The van der Waals surface area contributed by atoms with Crippen LogP contribution in [0.3, 0.4) is 0 Å². The predicted molar refractivity (Wildman–Crippen MR) is 174 cm³/mol. The number of carbonyl (C=O) groups excluding carboxylic acids is 3. The van der Waals surface area contributed by atoms with Gasteiger partial charge in [-0.05, 0) is 60.6 Å². The summed E-state index contributed by atoms with van der Waals surface area (Å²) in [5.41, 5.74) is 2.78. The minimum Gasteiger partial charge on any atom is -0.385 e. The number of nitrogens with one attached hydrogen (secondary N) is 2. The number of rotatable bonds is 7. The fourth-order valence-corrected chi connectivity index (χ4v) is 7.28. The lowest BCUT2D eigenvalue weighted by Crippen LogP contribution is -2.54. The molecule has 0 bridgehead atoms. The number of carbonyl (C=O) groups is 3. The van der Waals surface area contributed by atoms with Gasteiger partial charge in [-0.3, -0.25) is 24.6 Å². The Morgan fingerprint density at radius 3 is 2.42 bits per heavy atom. The Hall–Kier alpha value is -4.20. The maximum absolute atomic E-state index is 15.1. The molecule has 0 radical (unpaired) electrons. The standard InChI is InChI=1S/C34H36ClF2N7O4/c35-24-16-38-32(39-17-24)40-28-9-12-43(20-34(28,36)37)25-4-1-21(2-5-25)18-42-13-10-33(48,11-14-42)23-3-6-26-22(15-23)19-44(31(26)47)27-7-8-29(45)41-30(27)46/h1-6,15-17,27-28,48H,7-14,18-20H2,(H,38,39,40)(H,41,45,46)/t27?,28-/m1/s1. The molecule has 3 amide bonds. The quantitative estimate of drug-likeness (QED) is 0.320. The van der Waals surface area contributed by atoms with Crippen LogP contribution >= 0.6 is 11.6 Å². The summed E-state index contributed by atoms with van der Waals surface area (Å²) in [6.07, 6.45) is 4.47. The van der Waals surface area contributed by atoms with E-state index < -0.39 is 36.1 Å². The second-order valence-electron chi connectivity index (χ2n) is 13.1. The van der Waals surface area contributed by atoms with Gasteiger partial charge in [-0.25, -0.2) is 18.7 Å². The zero-order chi connectivity index (χ0) is 33.6. The second kappa shape index (κ2) is 12.7. The van der Waals surface area contributed by atoms with Crippen molar-refractivity contribution in [2.24, 2.45) is 0 Å². The lowest BCUT2D eigenvalue weighted by Gasteiger charge is -2.40. The van der Waals surface area contributed by atoms with Crippen molar-refractivity contribution in [1.82, 2.24) is 25.1 Å². The van der Waals surface area contributed by atoms with E-state index in [1.807, 2.05) is 30.3 Å². The molecule has 1 unspecified atom stereocenters. The highest BCUT2D eigenvalue weighted by Gasteiger charge is 2.45. The van der Waals surface area contributed by atoms with Crippen molar-refractivity contribution >= 4 is 41.0 Å². The van der Waals surface area contributed by atoms with Crippen LogP contribution in [0.5, 0.6) is 0 Å². The van der Waals surface area contributed by atoms with Gasteiger partial charge in [0.2, 0.25) is 17.8 Å². The van der Waals surface area contributed by atoms with Crippen LogP contribution in [0.25, 0.3) is 0 Å². The molecule has 11 nitrogen and oxygen atoms in total. The van der Waals surface area contributed by atoms with Gasteiger partial charge in [0.15, 0.2) is 0 Å². The van der Waals surface area contributed by atoms with Crippen molar-refractivity contribution in [2.75, 3.05) is 36.4 Å². The number of anilines is 2. The van der Waals surface area contributed by atoms with Crippen LogP contribution in [0.1, 0.15) is 59.2 Å². The van der Waals surface area contributed by atoms with Crippen molar-refractivity contribution in [1.29, 1.82) is 0 Å². The molecule has 7 rings (SSSR count). The molecule has 3 fully saturated rings. The van der Waals surface area contributed by atoms with Gasteiger partial charge in [-0.1, -0.05) is 35.9 Å². The molecule has 2 aromatic carbocycles. The van der Waals surface area contributed by atoms with Crippen LogP contribution in [-0.2, 0) is 28.3 Å². The van der Waals surface area contributed by atoms with E-state index in [1.165, 1.54) is 17.3 Å². The maximum Gasteiger partial charge on any atom is 0.284 e. The number of aromatic nitrogens is 2. The van der Waals surface area contributed by atoms with Crippen molar-refractivity contribution in [3.8, 4) is 0 Å². The van der Waals surface area contributed by atoms with E-state index in [9.17, 15) is 19.5 Å². The number of aliphatic hydroxyl groups is 1. The fraction of sp³-hybridized carbons (Fsp3) is 0.441. The summed E-state index contributed by atoms with van der Waals surface area (Å²) >= 11 is 5.80. The first-order chi connectivity index (χ1) is 23.0. The largest absolute Gasteiger partial charge is 0.385 e. The molecule has 252 valence electrons. The van der Waals surface area contributed by atoms with Crippen LogP contribution in [0, 0.1) is 0 Å². The van der Waals surface area contributed by atoms with E-state index in [4.69, 9.17) is 11.6 Å². The minimum atomic E-state index is -2.99. The van der Waals surface area contributed by atoms with E-state index in [0.29, 0.717) is 56.0 Å². The highest BCUT2D eigenvalue weighted by Crippen LogP contribution is 2.37. The molecular formula is C34H36ClF2N7O4. The van der Waals surface area contributed by atoms with Crippen LogP contribution in [0.2, 0.25) is 5.02 Å². The van der Waals surface area contributed by atoms with Crippen LogP contribution in [0.15, 0.2) is 54.9 Å². The predicted octanol–water partition coefficient (Wildman–Crippen LogP) is 3.70. The first-order valence-electron chi connectivity index (χ1n) is 16.2. The van der Waals surface area contributed by atoms with E-state index in [2.05, 4.69) is 25.5 Å². The number of hydrogen-bond donors (Lipinski definition) is 3. The van der Waals surface area contributed by atoms with Crippen LogP contribution < -0.4 is 15.5 Å². The summed E-state index contributed by atoms with van der Waals surface area (Å²) in [6.45, 7) is 2.27. The minimum absolute atomic E-state index is 0.125. The number of alkyl halides is 2. The molecule has 3 saturated heterocycles. The van der Waals surface area contributed by atoms with E-state index >= 15 is 8.78 Å². The summed E-state index contributed by atoms with van der Waals surface area (Å²) in [5.74, 6) is -3.88. The summed E-state index contributed by atoms with van der Waals surface area (Å²) in [7, 11) is 0. The molecule has 2 atom stereocenters. The summed E-state index contributed by atoms with van der Waals surface area (Å²) in [4.78, 5) is 50.5. The fourth-order valence-electron chi connectivity index (χ4n) is 7.18. The molecule has 3 N–H and O–H groups in total. The van der Waals surface area contributed by atoms with Crippen molar-refractivity contribution in [3.05, 3.63) is 82.1 Å². The Morgan fingerprint density at radius 2 is 1.73 bits per heavy atom. The molecule has 3 aromatic rings. The molecule has 0 spiro atoms. The topological polar surface area (TPSA) is 131 Å². The van der Waals surface area contributed by atoms with E-state index in [0.717, 1.165) is 22.4 Å². The number of amides is 3. The number of nitrogens with zero attached hydrogens (tertiary/aromatic N) is 5. The number of halogens is 3. The van der Waals surface area contributed by atoms with Gasteiger partial charge in [0.1, 0.15) is 6.04 Å². The average molecular weight is 680 g/mol. The van der Waals surface area contributed by atoms with Crippen LogP contribution in [0.4, 0.5) is 20.4 Å². The smallest absolute Gasteiger partial charge is 0.284 e. The monoisotopic (exact) mass is 679 g/mol. The molecule has 48 heavy (non-hydrogen) atoms. The Balaban J connectivity index is 0.924. The second-order valence-corrected chi connectivity index (χ2v) is 13.6. The number of benzene rings is 2. The molecule has 5 heterocycles. The third-order valence-corrected chi connectivity index (χ3v) is 10.2. The SMILES string of the molecule is O=C1CCC(N2Cc3cc(C4(O)CCN(Cc5ccc(N6CC[C@@H](Nc7ncc(Cl)cn7)C(F)(F)C6)cc5)CC4)ccc3C2=O)C(=O)N1.